The maximum Gasteiger partial charge on any atom is 0.237 e. The number of rotatable bonds is 4. The van der Waals surface area contributed by atoms with E-state index in [0.717, 1.165) is 30.1 Å². The van der Waals surface area contributed by atoms with Gasteiger partial charge in [-0.15, -0.1) is 23.7 Å². The van der Waals surface area contributed by atoms with Crippen LogP contribution in [0.15, 0.2) is 30.5 Å². The first-order valence-corrected chi connectivity index (χ1v) is 8.24. The molecule has 1 aliphatic heterocycles. The number of nitrogens with zero attached hydrogens (tertiary/aromatic N) is 3. The number of thiazole rings is 1. The molecule has 5 nitrogen and oxygen atoms in total. The molecule has 0 spiro atoms. The van der Waals surface area contributed by atoms with Gasteiger partial charge in [0, 0.05) is 42.3 Å². The number of hydrogen-bond acceptors (Lipinski definition) is 5. The zero-order valence-electron chi connectivity index (χ0n) is 12.4. The second-order valence-electron chi connectivity index (χ2n) is 5.32. The summed E-state index contributed by atoms with van der Waals surface area (Å²) >= 11 is 7.46. The van der Waals surface area contributed by atoms with Crippen molar-refractivity contribution in [2.75, 3.05) is 25.4 Å². The third kappa shape index (κ3) is 4.81. The average molecular weight is 373 g/mol. The van der Waals surface area contributed by atoms with Crippen LogP contribution in [0.5, 0.6) is 0 Å². The Balaban J connectivity index is 0.00000192. The fraction of sp³-hybridized carbons (Fsp3) is 0.333. The van der Waals surface area contributed by atoms with Gasteiger partial charge in [-0.2, -0.15) is 0 Å². The number of halogens is 2. The molecule has 3 rings (SSSR count). The van der Waals surface area contributed by atoms with Gasteiger partial charge in [0.1, 0.15) is 0 Å². The number of amides is 1. The number of aromatic nitrogens is 1. The summed E-state index contributed by atoms with van der Waals surface area (Å²) in [7, 11) is 0. The molecule has 1 aromatic carbocycles. The van der Waals surface area contributed by atoms with Crippen molar-refractivity contribution in [3.63, 3.8) is 0 Å². The van der Waals surface area contributed by atoms with Crippen LogP contribution in [0.3, 0.4) is 0 Å². The molecule has 124 valence electrons. The van der Waals surface area contributed by atoms with Crippen LogP contribution in [-0.4, -0.2) is 40.3 Å². The summed E-state index contributed by atoms with van der Waals surface area (Å²) < 4.78 is 0. The Kier molecular flexibility index (Phi) is 6.24. The minimum absolute atomic E-state index is 0. The second-order valence-corrected chi connectivity index (χ2v) is 6.90. The highest BCUT2D eigenvalue weighted by Crippen LogP contribution is 2.19. The van der Waals surface area contributed by atoms with E-state index >= 15 is 0 Å². The van der Waals surface area contributed by atoms with E-state index in [4.69, 9.17) is 17.3 Å². The monoisotopic (exact) mass is 372 g/mol. The molecular formula is C15H18Cl2N4OS. The van der Waals surface area contributed by atoms with Crippen LogP contribution in [-0.2, 0) is 17.9 Å². The molecular weight excluding hydrogens is 355 g/mol. The highest BCUT2D eigenvalue weighted by molar-refractivity contribution is 7.15. The standard InChI is InChI=1S/C15H17ClN4OS.ClH/c16-12-3-1-2-11(6-12)8-20-5-4-19(10-14(20)21)9-13-7-18-15(17)22-13;/h1-3,6-7H,4-5,8-10H2,(H2,17,18);1H. The lowest BCUT2D eigenvalue weighted by atomic mass is 10.2. The molecule has 2 aromatic rings. The van der Waals surface area contributed by atoms with Crippen LogP contribution in [0, 0.1) is 0 Å². The van der Waals surface area contributed by atoms with Gasteiger partial charge in [0.05, 0.1) is 6.54 Å². The third-order valence-electron chi connectivity index (χ3n) is 3.61. The highest BCUT2D eigenvalue weighted by Gasteiger charge is 2.24. The Morgan fingerprint density at radius 3 is 2.78 bits per heavy atom. The van der Waals surface area contributed by atoms with Crippen LogP contribution >= 0.6 is 35.3 Å². The summed E-state index contributed by atoms with van der Waals surface area (Å²) in [6.07, 6.45) is 1.78. The van der Waals surface area contributed by atoms with E-state index in [1.807, 2.05) is 29.2 Å². The van der Waals surface area contributed by atoms with Crippen molar-refractivity contribution in [2.24, 2.45) is 0 Å². The van der Waals surface area contributed by atoms with E-state index in [9.17, 15) is 4.79 Å². The van der Waals surface area contributed by atoms with Crippen LogP contribution in [0.2, 0.25) is 5.02 Å². The number of hydrogen-bond donors (Lipinski definition) is 1. The van der Waals surface area contributed by atoms with Gasteiger partial charge in [0.15, 0.2) is 5.13 Å². The maximum absolute atomic E-state index is 12.3. The molecule has 0 bridgehead atoms. The molecule has 0 radical (unpaired) electrons. The van der Waals surface area contributed by atoms with Crippen LogP contribution in [0.1, 0.15) is 10.4 Å². The molecule has 0 saturated carbocycles. The van der Waals surface area contributed by atoms with Gasteiger partial charge in [-0.1, -0.05) is 23.7 Å². The molecule has 1 aromatic heterocycles. The number of nitrogen functional groups attached to an aromatic ring is 1. The Bertz CT molecular complexity index is 679. The zero-order chi connectivity index (χ0) is 15.5. The first kappa shape index (κ1) is 18.0. The van der Waals surface area contributed by atoms with Crippen molar-refractivity contribution in [1.82, 2.24) is 14.8 Å². The molecule has 1 fully saturated rings. The average Bonchev–Trinajstić information content (AvgIpc) is 2.87. The summed E-state index contributed by atoms with van der Waals surface area (Å²) in [4.78, 5) is 21.4. The number of piperazine rings is 1. The van der Waals surface area contributed by atoms with Crippen molar-refractivity contribution in [3.05, 3.63) is 45.9 Å². The molecule has 0 aliphatic carbocycles. The molecule has 23 heavy (non-hydrogen) atoms. The largest absolute Gasteiger partial charge is 0.375 e. The van der Waals surface area contributed by atoms with Gasteiger partial charge >= 0.3 is 0 Å². The Morgan fingerprint density at radius 1 is 1.30 bits per heavy atom. The van der Waals surface area contributed by atoms with Gasteiger partial charge in [-0.25, -0.2) is 4.98 Å². The van der Waals surface area contributed by atoms with Gasteiger partial charge < -0.3 is 10.6 Å². The van der Waals surface area contributed by atoms with Crippen LogP contribution < -0.4 is 5.73 Å². The van der Waals surface area contributed by atoms with Crippen molar-refractivity contribution in [3.8, 4) is 0 Å². The topological polar surface area (TPSA) is 62.5 Å². The molecule has 2 heterocycles. The minimum atomic E-state index is 0. The zero-order valence-corrected chi connectivity index (χ0v) is 14.8. The lowest BCUT2D eigenvalue weighted by Gasteiger charge is -2.34. The minimum Gasteiger partial charge on any atom is -0.375 e. The number of anilines is 1. The van der Waals surface area contributed by atoms with E-state index < -0.39 is 0 Å². The van der Waals surface area contributed by atoms with Crippen LogP contribution in [0.25, 0.3) is 0 Å². The summed E-state index contributed by atoms with van der Waals surface area (Å²) in [6.45, 7) is 3.34. The predicted molar refractivity (Wildman–Crippen MR) is 95.9 cm³/mol. The highest BCUT2D eigenvalue weighted by atomic mass is 35.5. The summed E-state index contributed by atoms with van der Waals surface area (Å²) in [5.74, 6) is 0.142. The van der Waals surface area contributed by atoms with Gasteiger partial charge in [0.25, 0.3) is 0 Å². The summed E-state index contributed by atoms with van der Waals surface area (Å²) in [5, 5.41) is 1.27. The van der Waals surface area contributed by atoms with Crippen LogP contribution in [0.4, 0.5) is 5.13 Å². The maximum atomic E-state index is 12.3. The van der Waals surface area contributed by atoms with E-state index in [2.05, 4.69) is 9.88 Å². The first-order valence-electron chi connectivity index (χ1n) is 7.05. The molecule has 1 saturated heterocycles. The molecule has 8 heteroatoms. The lowest BCUT2D eigenvalue weighted by Crippen LogP contribution is -2.49. The number of carbonyl (C=O) groups excluding carboxylic acids is 1. The van der Waals surface area contributed by atoms with E-state index in [1.165, 1.54) is 11.3 Å². The van der Waals surface area contributed by atoms with Crippen molar-refractivity contribution < 1.29 is 4.79 Å². The van der Waals surface area contributed by atoms with Crippen molar-refractivity contribution in [2.45, 2.75) is 13.1 Å². The van der Waals surface area contributed by atoms with Gasteiger partial charge in [0.2, 0.25) is 5.91 Å². The molecule has 0 atom stereocenters. The normalized spacial score (nSPS) is 15.5. The van der Waals surface area contributed by atoms with Gasteiger partial charge in [-0.3, -0.25) is 9.69 Å². The fourth-order valence-corrected chi connectivity index (χ4v) is 3.47. The molecule has 1 amide bonds. The van der Waals surface area contributed by atoms with Gasteiger partial charge in [-0.05, 0) is 17.7 Å². The predicted octanol–water partition coefficient (Wildman–Crippen LogP) is 2.64. The molecule has 0 unspecified atom stereocenters. The van der Waals surface area contributed by atoms with Crippen molar-refractivity contribution in [1.29, 1.82) is 0 Å². The fourth-order valence-electron chi connectivity index (χ4n) is 2.53. The molecule has 2 N–H and O–H groups in total. The number of nitrogens with two attached hydrogens (primary N) is 1. The first-order chi connectivity index (χ1) is 10.6. The smallest absolute Gasteiger partial charge is 0.237 e. The van der Waals surface area contributed by atoms with E-state index in [1.54, 1.807) is 6.20 Å². The number of benzene rings is 1. The quantitative estimate of drug-likeness (QED) is 0.895. The Labute approximate surface area is 150 Å². The third-order valence-corrected chi connectivity index (χ3v) is 4.66. The number of carbonyl (C=O) groups is 1. The van der Waals surface area contributed by atoms with Crippen molar-refractivity contribution >= 4 is 46.4 Å². The second kappa shape index (κ2) is 7.97. The summed E-state index contributed by atoms with van der Waals surface area (Å²) in [6, 6.07) is 7.64. The summed E-state index contributed by atoms with van der Waals surface area (Å²) in [5.41, 5.74) is 6.69. The van der Waals surface area contributed by atoms with E-state index in [-0.39, 0.29) is 18.3 Å². The SMILES string of the molecule is Cl.Nc1ncc(CN2CCN(Cc3cccc(Cl)c3)C(=O)C2)s1. The lowest BCUT2D eigenvalue weighted by molar-refractivity contribution is -0.136. The molecule has 1 aliphatic rings. The van der Waals surface area contributed by atoms with E-state index in [0.29, 0.717) is 23.2 Å². The Morgan fingerprint density at radius 2 is 2.13 bits per heavy atom. The Hall–Kier alpha value is -1.34.